The summed E-state index contributed by atoms with van der Waals surface area (Å²) in [5.41, 5.74) is 3.75. The Morgan fingerprint density at radius 2 is 2.24 bits per heavy atom. The van der Waals surface area contributed by atoms with Gasteiger partial charge in [-0.2, -0.15) is 5.26 Å². The standard InChI is InChI=1S/C12H12N8S/c1-6-7(2)21-12-10(6)11(18-14)16-9(17-12)4-20-5-15-8(3-13)19-20/h5H,4,14H2,1-2H3,(H,16,17,18). The van der Waals surface area contributed by atoms with Gasteiger partial charge in [0.05, 0.1) is 5.39 Å². The van der Waals surface area contributed by atoms with Crippen molar-refractivity contribution < 1.29 is 0 Å². The first-order chi connectivity index (χ1) is 10.1. The first-order valence-corrected chi connectivity index (χ1v) is 6.96. The van der Waals surface area contributed by atoms with Crippen molar-refractivity contribution in [2.45, 2.75) is 20.4 Å². The van der Waals surface area contributed by atoms with E-state index in [1.54, 1.807) is 11.3 Å². The normalized spacial score (nSPS) is 10.8. The van der Waals surface area contributed by atoms with E-state index in [9.17, 15) is 0 Å². The average molecular weight is 300 g/mol. The van der Waals surface area contributed by atoms with Crippen LogP contribution in [-0.2, 0) is 6.54 Å². The van der Waals surface area contributed by atoms with Gasteiger partial charge in [0, 0.05) is 4.88 Å². The predicted octanol–water partition coefficient (Wildman–Crippen LogP) is 1.11. The summed E-state index contributed by atoms with van der Waals surface area (Å²) in [5, 5.41) is 13.7. The lowest BCUT2D eigenvalue weighted by atomic mass is 10.2. The number of nitrogen functional groups attached to an aromatic ring is 1. The Kier molecular flexibility index (Phi) is 3.25. The lowest BCUT2D eigenvalue weighted by Crippen LogP contribution is -2.12. The van der Waals surface area contributed by atoms with E-state index in [4.69, 9.17) is 11.1 Å². The van der Waals surface area contributed by atoms with Crippen LogP contribution in [0.4, 0.5) is 5.82 Å². The van der Waals surface area contributed by atoms with Crippen LogP contribution in [0.3, 0.4) is 0 Å². The Labute approximate surface area is 124 Å². The molecular weight excluding hydrogens is 288 g/mol. The van der Waals surface area contributed by atoms with Crippen LogP contribution in [0.25, 0.3) is 10.2 Å². The quantitative estimate of drug-likeness (QED) is 0.549. The average Bonchev–Trinajstić information content (AvgIpc) is 3.04. The number of rotatable bonds is 3. The zero-order valence-corrected chi connectivity index (χ0v) is 12.3. The van der Waals surface area contributed by atoms with Crippen LogP contribution in [0.15, 0.2) is 6.33 Å². The van der Waals surface area contributed by atoms with E-state index >= 15 is 0 Å². The molecular formula is C12H12N8S. The Bertz CT molecular complexity index is 856. The molecule has 106 valence electrons. The first-order valence-electron chi connectivity index (χ1n) is 6.15. The summed E-state index contributed by atoms with van der Waals surface area (Å²) in [5.74, 6) is 6.85. The fourth-order valence-electron chi connectivity index (χ4n) is 2.04. The maximum atomic E-state index is 8.73. The molecule has 0 aliphatic carbocycles. The monoisotopic (exact) mass is 300 g/mol. The van der Waals surface area contributed by atoms with E-state index in [0.29, 0.717) is 18.2 Å². The fourth-order valence-corrected chi connectivity index (χ4v) is 3.08. The number of aryl methyl sites for hydroxylation is 2. The van der Waals surface area contributed by atoms with Gasteiger partial charge in [0.1, 0.15) is 23.8 Å². The van der Waals surface area contributed by atoms with Crippen molar-refractivity contribution in [3.8, 4) is 6.07 Å². The topological polar surface area (TPSA) is 118 Å². The Hall–Kier alpha value is -2.57. The summed E-state index contributed by atoms with van der Waals surface area (Å²) in [4.78, 5) is 14.9. The molecule has 0 bridgehead atoms. The third-order valence-corrected chi connectivity index (χ3v) is 4.25. The Morgan fingerprint density at radius 3 is 2.90 bits per heavy atom. The number of nitriles is 1. The summed E-state index contributed by atoms with van der Waals surface area (Å²) < 4.78 is 1.52. The van der Waals surface area contributed by atoms with Crippen molar-refractivity contribution in [3.63, 3.8) is 0 Å². The maximum absolute atomic E-state index is 8.73. The number of hydrogen-bond acceptors (Lipinski definition) is 8. The van der Waals surface area contributed by atoms with Gasteiger partial charge in [-0.1, -0.05) is 0 Å². The number of aromatic nitrogens is 5. The summed E-state index contributed by atoms with van der Waals surface area (Å²) in [6.07, 6.45) is 1.48. The van der Waals surface area contributed by atoms with Crippen molar-refractivity contribution in [2.24, 2.45) is 5.84 Å². The molecule has 0 saturated carbocycles. The summed E-state index contributed by atoms with van der Waals surface area (Å²) in [6.45, 7) is 4.39. The van der Waals surface area contributed by atoms with Crippen LogP contribution >= 0.6 is 11.3 Å². The minimum Gasteiger partial charge on any atom is -0.308 e. The number of thiophene rings is 1. The number of hydrogen-bond donors (Lipinski definition) is 2. The molecule has 3 rings (SSSR count). The van der Waals surface area contributed by atoms with Crippen LogP contribution in [0, 0.1) is 25.2 Å². The summed E-state index contributed by atoms with van der Waals surface area (Å²) in [6, 6.07) is 1.88. The first kappa shape index (κ1) is 13.4. The molecule has 0 amide bonds. The minimum absolute atomic E-state index is 0.121. The van der Waals surface area contributed by atoms with Gasteiger partial charge in [0.25, 0.3) is 5.82 Å². The van der Waals surface area contributed by atoms with Crippen LogP contribution < -0.4 is 11.3 Å². The van der Waals surface area contributed by atoms with Gasteiger partial charge in [0.2, 0.25) is 0 Å². The number of fused-ring (bicyclic) bond motifs is 1. The van der Waals surface area contributed by atoms with E-state index in [1.807, 2.05) is 19.9 Å². The molecule has 3 heterocycles. The number of nitrogens with one attached hydrogen (secondary N) is 1. The van der Waals surface area contributed by atoms with Gasteiger partial charge in [-0.05, 0) is 19.4 Å². The van der Waals surface area contributed by atoms with Gasteiger partial charge in [-0.15, -0.1) is 16.4 Å². The van der Waals surface area contributed by atoms with Gasteiger partial charge < -0.3 is 5.43 Å². The zero-order chi connectivity index (χ0) is 15.0. The predicted molar refractivity (Wildman–Crippen MR) is 78.5 cm³/mol. The molecule has 3 aromatic rings. The van der Waals surface area contributed by atoms with Gasteiger partial charge >= 0.3 is 0 Å². The fraction of sp³-hybridized carbons (Fsp3) is 0.250. The van der Waals surface area contributed by atoms with Crippen LogP contribution in [0.1, 0.15) is 22.1 Å². The number of nitrogens with zero attached hydrogens (tertiary/aromatic N) is 6. The number of nitrogens with two attached hydrogens (primary N) is 1. The zero-order valence-electron chi connectivity index (χ0n) is 11.5. The van der Waals surface area contributed by atoms with Crippen molar-refractivity contribution >= 4 is 27.4 Å². The second kappa shape index (κ2) is 5.08. The minimum atomic E-state index is 0.121. The van der Waals surface area contributed by atoms with Crippen LogP contribution in [0.2, 0.25) is 0 Å². The van der Waals surface area contributed by atoms with Crippen LogP contribution in [-0.4, -0.2) is 24.7 Å². The molecule has 3 N–H and O–H groups in total. The van der Waals surface area contributed by atoms with Gasteiger partial charge in [-0.25, -0.2) is 25.5 Å². The molecule has 8 nitrogen and oxygen atoms in total. The van der Waals surface area contributed by atoms with E-state index < -0.39 is 0 Å². The van der Waals surface area contributed by atoms with Crippen molar-refractivity contribution in [1.82, 2.24) is 24.7 Å². The molecule has 0 unspecified atom stereocenters. The highest BCUT2D eigenvalue weighted by Crippen LogP contribution is 2.32. The smallest absolute Gasteiger partial charge is 0.252 e. The third kappa shape index (κ3) is 2.31. The van der Waals surface area contributed by atoms with Crippen molar-refractivity contribution in [3.05, 3.63) is 28.4 Å². The summed E-state index contributed by atoms with van der Waals surface area (Å²) >= 11 is 1.60. The lowest BCUT2D eigenvalue weighted by molar-refractivity contribution is 0.655. The van der Waals surface area contributed by atoms with E-state index in [1.165, 1.54) is 15.9 Å². The van der Waals surface area contributed by atoms with E-state index in [-0.39, 0.29) is 5.82 Å². The van der Waals surface area contributed by atoms with E-state index in [2.05, 4.69) is 25.5 Å². The second-order valence-electron chi connectivity index (χ2n) is 4.47. The van der Waals surface area contributed by atoms with E-state index in [0.717, 1.165) is 15.8 Å². The molecule has 0 atom stereocenters. The van der Waals surface area contributed by atoms with Gasteiger partial charge in [-0.3, -0.25) is 0 Å². The molecule has 21 heavy (non-hydrogen) atoms. The number of anilines is 1. The molecule has 9 heteroatoms. The largest absolute Gasteiger partial charge is 0.308 e. The Balaban J connectivity index is 2.05. The molecule has 0 saturated heterocycles. The molecule has 0 fully saturated rings. The highest BCUT2D eigenvalue weighted by molar-refractivity contribution is 7.18. The molecule has 3 aromatic heterocycles. The van der Waals surface area contributed by atoms with Gasteiger partial charge in [0.15, 0.2) is 11.6 Å². The molecule has 0 aliphatic heterocycles. The van der Waals surface area contributed by atoms with Crippen LogP contribution in [0.5, 0.6) is 0 Å². The highest BCUT2D eigenvalue weighted by Gasteiger charge is 2.14. The SMILES string of the molecule is Cc1sc2nc(Cn3cnc(C#N)n3)nc(NN)c2c1C. The second-order valence-corrected chi connectivity index (χ2v) is 5.68. The van der Waals surface area contributed by atoms with Crippen molar-refractivity contribution in [2.75, 3.05) is 5.43 Å². The maximum Gasteiger partial charge on any atom is 0.252 e. The molecule has 0 radical (unpaired) electrons. The highest BCUT2D eigenvalue weighted by atomic mass is 32.1. The molecule has 0 spiro atoms. The lowest BCUT2D eigenvalue weighted by Gasteiger charge is -2.06. The van der Waals surface area contributed by atoms with Crippen molar-refractivity contribution in [1.29, 1.82) is 5.26 Å². The Morgan fingerprint density at radius 1 is 1.43 bits per heavy atom. The number of hydrazine groups is 1. The summed E-state index contributed by atoms with van der Waals surface area (Å²) in [7, 11) is 0. The third-order valence-electron chi connectivity index (χ3n) is 3.15. The molecule has 0 aromatic carbocycles. The molecule has 0 aliphatic rings.